The molecule has 1 fully saturated rings. The normalized spacial score (nSPS) is 22.1. The predicted octanol–water partition coefficient (Wildman–Crippen LogP) is 2.72. The molecule has 2 amide bonds. The molecule has 1 heterocycles. The number of unbranched alkanes of at least 4 members (excludes halogenated alkanes) is 2. The summed E-state index contributed by atoms with van der Waals surface area (Å²) in [5, 5.41) is 2.87. The summed E-state index contributed by atoms with van der Waals surface area (Å²) in [5.41, 5.74) is 0. The second-order valence-electron chi connectivity index (χ2n) is 5.80. The first-order valence-corrected chi connectivity index (χ1v) is 8.21. The maximum atomic E-state index is 12.3. The van der Waals surface area contributed by atoms with Gasteiger partial charge >= 0.3 is 0 Å². The van der Waals surface area contributed by atoms with Crippen LogP contribution in [0.4, 0.5) is 0 Å². The lowest BCUT2D eigenvalue weighted by Crippen LogP contribution is -2.45. The topological polar surface area (TPSA) is 49.4 Å². The third kappa shape index (κ3) is 4.80. The van der Waals surface area contributed by atoms with Crippen LogP contribution in [0.3, 0.4) is 0 Å². The van der Waals surface area contributed by atoms with Gasteiger partial charge in [-0.2, -0.15) is 0 Å². The van der Waals surface area contributed by atoms with Crippen LogP contribution in [0.5, 0.6) is 0 Å². The Morgan fingerprint density at radius 2 is 1.90 bits per heavy atom. The number of hydrogen-bond acceptors (Lipinski definition) is 2. The molecule has 0 spiro atoms. The monoisotopic (exact) mass is 282 g/mol. The van der Waals surface area contributed by atoms with Crippen molar-refractivity contribution >= 4 is 11.8 Å². The number of likely N-dealkylation sites (N-methyl/N-ethyl adjacent to an activating group) is 1. The van der Waals surface area contributed by atoms with E-state index < -0.39 is 0 Å². The van der Waals surface area contributed by atoms with Crippen molar-refractivity contribution in [1.29, 1.82) is 0 Å². The van der Waals surface area contributed by atoms with E-state index in [0.29, 0.717) is 18.9 Å². The predicted molar refractivity (Wildman–Crippen MR) is 81.3 cm³/mol. The summed E-state index contributed by atoms with van der Waals surface area (Å²) in [5.74, 6) is 0.672. The molecule has 1 aliphatic heterocycles. The zero-order valence-electron chi connectivity index (χ0n) is 13.3. The van der Waals surface area contributed by atoms with Crippen molar-refractivity contribution in [3.63, 3.8) is 0 Å². The van der Waals surface area contributed by atoms with Gasteiger partial charge in [-0.05, 0) is 32.1 Å². The van der Waals surface area contributed by atoms with Crippen molar-refractivity contribution in [3.8, 4) is 0 Å². The highest BCUT2D eigenvalue weighted by molar-refractivity contribution is 5.88. The van der Waals surface area contributed by atoms with Gasteiger partial charge in [-0.3, -0.25) is 9.59 Å². The van der Waals surface area contributed by atoms with Crippen LogP contribution in [0.25, 0.3) is 0 Å². The minimum atomic E-state index is -0.236. The third-order valence-electron chi connectivity index (χ3n) is 4.05. The minimum absolute atomic E-state index is 0.0231. The highest BCUT2D eigenvalue weighted by atomic mass is 16.2. The number of rotatable bonds is 8. The zero-order valence-corrected chi connectivity index (χ0v) is 13.3. The Hall–Kier alpha value is -1.06. The molecule has 1 saturated heterocycles. The van der Waals surface area contributed by atoms with Gasteiger partial charge in [0.1, 0.15) is 6.04 Å². The van der Waals surface area contributed by atoms with Crippen LogP contribution >= 0.6 is 0 Å². The lowest BCUT2D eigenvalue weighted by atomic mass is 10.0. The van der Waals surface area contributed by atoms with Gasteiger partial charge in [0, 0.05) is 19.5 Å². The molecule has 1 N–H and O–H groups in total. The molecule has 1 unspecified atom stereocenters. The van der Waals surface area contributed by atoms with Gasteiger partial charge in [0.15, 0.2) is 0 Å². The fraction of sp³-hybridized carbons (Fsp3) is 0.875. The zero-order chi connectivity index (χ0) is 15.0. The minimum Gasteiger partial charge on any atom is -0.355 e. The number of carbonyl (C=O) groups is 2. The second-order valence-corrected chi connectivity index (χ2v) is 5.80. The summed E-state index contributed by atoms with van der Waals surface area (Å²) in [4.78, 5) is 26.3. The van der Waals surface area contributed by atoms with Gasteiger partial charge in [0.2, 0.25) is 11.8 Å². The van der Waals surface area contributed by atoms with Crippen LogP contribution in [-0.4, -0.2) is 35.8 Å². The molecule has 2 atom stereocenters. The lowest BCUT2D eigenvalue weighted by molar-refractivity contribution is -0.138. The first kappa shape index (κ1) is 17.0. The molecule has 0 aliphatic carbocycles. The molecular weight excluding hydrogens is 252 g/mol. The summed E-state index contributed by atoms with van der Waals surface area (Å²) in [7, 11) is 0. The molecule has 1 aliphatic rings. The Labute approximate surface area is 123 Å². The largest absolute Gasteiger partial charge is 0.355 e. The van der Waals surface area contributed by atoms with Crippen LogP contribution in [0, 0.1) is 5.92 Å². The van der Waals surface area contributed by atoms with Crippen molar-refractivity contribution in [2.45, 2.75) is 71.8 Å². The summed E-state index contributed by atoms with van der Waals surface area (Å²) >= 11 is 0. The van der Waals surface area contributed by atoms with Crippen LogP contribution in [0.15, 0.2) is 0 Å². The van der Waals surface area contributed by atoms with Crippen molar-refractivity contribution in [2.24, 2.45) is 5.92 Å². The Morgan fingerprint density at radius 1 is 1.15 bits per heavy atom. The molecule has 0 aromatic rings. The number of nitrogens with zero attached hydrogens (tertiary/aromatic N) is 1. The van der Waals surface area contributed by atoms with E-state index in [2.05, 4.69) is 19.2 Å². The van der Waals surface area contributed by atoms with Gasteiger partial charge in [-0.15, -0.1) is 0 Å². The summed E-state index contributed by atoms with van der Waals surface area (Å²) < 4.78 is 0. The maximum absolute atomic E-state index is 12.3. The van der Waals surface area contributed by atoms with E-state index in [1.54, 1.807) is 0 Å². The SMILES string of the molecule is CCCCCC(=O)N1C[C@H](CCC)CC1C(=O)NCC. The molecule has 0 saturated carbocycles. The maximum Gasteiger partial charge on any atom is 0.242 e. The van der Waals surface area contributed by atoms with Gasteiger partial charge in [-0.1, -0.05) is 33.1 Å². The van der Waals surface area contributed by atoms with E-state index in [-0.39, 0.29) is 17.9 Å². The molecular formula is C16H30N2O2. The van der Waals surface area contributed by atoms with E-state index in [9.17, 15) is 9.59 Å². The van der Waals surface area contributed by atoms with Gasteiger partial charge < -0.3 is 10.2 Å². The summed E-state index contributed by atoms with van der Waals surface area (Å²) in [6.45, 7) is 7.61. The van der Waals surface area contributed by atoms with Gasteiger partial charge in [0.05, 0.1) is 0 Å². The first-order chi connectivity index (χ1) is 9.63. The summed E-state index contributed by atoms with van der Waals surface area (Å²) in [6, 6.07) is -0.236. The third-order valence-corrected chi connectivity index (χ3v) is 4.05. The Morgan fingerprint density at radius 3 is 2.50 bits per heavy atom. The number of hydrogen-bond donors (Lipinski definition) is 1. The molecule has 0 radical (unpaired) electrons. The first-order valence-electron chi connectivity index (χ1n) is 8.21. The number of amides is 2. The van der Waals surface area contributed by atoms with Crippen LogP contribution in [0.2, 0.25) is 0 Å². The van der Waals surface area contributed by atoms with Crippen molar-refractivity contribution in [2.75, 3.05) is 13.1 Å². The molecule has 20 heavy (non-hydrogen) atoms. The van der Waals surface area contributed by atoms with Crippen LogP contribution in [0.1, 0.15) is 65.7 Å². The average molecular weight is 282 g/mol. The average Bonchev–Trinajstić information content (AvgIpc) is 2.84. The molecule has 1 rings (SSSR count). The van der Waals surface area contributed by atoms with Gasteiger partial charge in [0.25, 0.3) is 0 Å². The smallest absolute Gasteiger partial charge is 0.242 e. The fourth-order valence-corrected chi connectivity index (χ4v) is 3.03. The molecule has 0 bridgehead atoms. The van der Waals surface area contributed by atoms with Crippen molar-refractivity contribution < 1.29 is 9.59 Å². The summed E-state index contributed by atoms with van der Waals surface area (Å²) in [6.07, 6.45) is 6.78. The standard InChI is InChI=1S/C16H30N2O2/c1-4-7-8-10-15(19)18-12-13(9-5-2)11-14(18)16(20)17-6-3/h13-14H,4-12H2,1-3H3,(H,17,20)/t13-,14?/m1/s1. The highest BCUT2D eigenvalue weighted by Gasteiger charge is 2.38. The Kier molecular flexibility index (Phi) is 7.63. The number of nitrogens with one attached hydrogen (secondary N) is 1. The highest BCUT2D eigenvalue weighted by Crippen LogP contribution is 2.28. The molecule has 0 aromatic heterocycles. The van der Waals surface area contributed by atoms with Crippen LogP contribution in [-0.2, 0) is 9.59 Å². The fourth-order valence-electron chi connectivity index (χ4n) is 3.03. The van der Waals surface area contributed by atoms with Crippen molar-refractivity contribution in [1.82, 2.24) is 10.2 Å². The van der Waals surface area contributed by atoms with E-state index in [1.165, 1.54) is 0 Å². The van der Waals surface area contributed by atoms with Gasteiger partial charge in [-0.25, -0.2) is 0 Å². The molecule has 116 valence electrons. The van der Waals surface area contributed by atoms with E-state index in [0.717, 1.165) is 45.1 Å². The Bertz CT molecular complexity index is 318. The van der Waals surface area contributed by atoms with E-state index in [1.807, 2.05) is 11.8 Å². The Balaban J connectivity index is 2.62. The molecule has 4 nitrogen and oxygen atoms in total. The van der Waals surface area contributed by atoms with E-state index in [4.69, 9.17) is 0 Å². The molecule has 4 heteroatoms. The number of likely N-dealkylation sites (tertiary alicyclic amines) is 1. The lowest BCUT2D eigenvalue weighted by Gasteiger charge is -2.23. The quantitative estimate of drug-likeness (QED) is 0.696. The van der Waals surface area contributed by atoms with E-state index >= 15 is 0 Å². The second kappa shape index (κ2) is 8.98. The number of carbonyl (C=O) groups excluding carboxylic acids is 2. The van der Waals surface area contributed by atoms with Crippen molar-refractivity contribution in [3.05, 3.63) is 0 Å². The molecule has 0 aromatic carbocycles. The van der Waals surface area contributed by atoms with Crippen LogP contribution < -0.4 is 5.32 Å².